The number of benzene rings is 1. The maximum atomic E-state index is 5.36. The highest BCUT2D eigenvalue weighted by molar-refractivity contribution is 5.53. The van der Waals surface area contributed by atoms with Gasteiger partial charge in [0.2, 0.25) is 5.75 Å². The Morgan fingerprint density at radius 3 is 2.32 bits per heavy atom. The second-order valence-corrected chi connectivity index (χ2v) is 5.04. The number of hydrogen-bond acceptors (Lipinski definition) is 5. The van der Waals surface area contributed by atoms with Crippen LogP contribution in [-0.4, -0.2) is 37.2 Å². The topological polar surface area (TPSA) is 57.5 Å². The molecule has 0 aliphatic heterocycles. The van der Waals surface area contributed by atoms with Gasteiger partial charge in [0.05, 0.1) is 27.9 Å². The molecule has 6 nitrogen and oxygen atoms in total. The van der Waals surface area contributed by atoms with Crippen LogP contribution in [0.5, 0.6) is 17.2 Å². The Hall–Kier alpha value is -2.21. The summed E-state index contributed by atoms with van der Waals surface area (Å²) in [5.74, 6) is 1.94. The Kier molecular flexibility index (Phi) is 5.66. The van der Waals surface area contributed by atoms with E-state index >= 15 is 0 Å². The summed E-state index contributed by atoms with van der Waals surface area (Å²) < 4.78 is 18.0. The van der Waals surface area contributed by atoms with Crippen LogP contribution >= 0.6 is 0 Å². The van der Waals surface area contributed by atoms with Crippen LogP contribution in [0.1, 0.15) is 12.5 Å². The van der Waals surface area contributed by atoms with E-state index in [0.29, 0.717) is 29.8 Å². The van der Waals surface area contributed by atoms with Crippen molar-refractivity contribution in [1.82, 2.24) is 15.1 Å². The lowest BCUT2D eigenvalue weighted by atomic mass is 10.1. The van der Waals surface area contributed by atoms with Crippen LogP contribution in [0.15, 0.2) is 30.6 Å². The molecule has 0 bridgehead atoms. The quantitative estimate of drug-likeness (QED) is 0.809. The van der Waals surface area contributed by atoms with Gasteiger partial charge in [-0.15, -0.1) is 0 Å². The molecule has 0 spiro atoms. The van der Waals surface area contributed by atoms with Gasteiger partial charge < -0.3 is 19.5 Å². The number of methoxy groups -OCH3 is 3. The molecular weight excluding hydrogens is 282 g/mol. The summed E-state index contributed by atoms with van der Waals surface area (Å²) in [6, 6.07) is 6.12. The van der Waals surface area contributed by atoms with E-state index in [-0.39, 0.29) is 0 Å². The van der Waals surface area contributed by atoms with Crippen molar-refractivity contribution in [2.45, 2.75) is 26.1 Å². The van der Waals surface area contributed by atoms with Crippen molar-refractivity contribution in [2.75, 3.05) is 21.3 Å². The van der Waals surface area contributed by atoms with E-state index in [2.05, 4.69) is 17.3 Å². The van der Waals surface area contributed by atoms with Crippen LogP contribution in [0.2, 0.25) is 0 Å². The van der Waals surface area contributed by atoms with Crippen molar-refractivity contribution < 1.29 is 14.2 Å². The summed E-state index contributed by atoms with van der Waals surface area (Å²) in [6.45, 7) is 3.65. The second-order valence-electron chi connectivity index (χ2n) is 5.04. The van der Waals surface area contributed by atoms with E-state index in [1.807, 2.05) is 29.1 Å². The van der Waals surface area contributed by atoms with Crippen molar-refractivity contribution in [3.05, 3.63) is 36.2 Å². The van der Waals surface area contributed by atoms with Crippen LogP contribution in [0.3, 0.4) is 0 Å². The third kappa shape index (κ3) is 3.92. The zero-order chi connectivity index (χ0) is 15.9. The van der Waals surface area contributed by atoms with Gasteiger partial charge in [-0.2, -0.15) is 5.10 Å². The number of rotatable bonds is 8. The average molecular weight is 305 g/mol. The highest BCUT2D eigenvalue weighted by Gasteiger charge is 2.13. The number of aromatic nitrogens is 2. The molecule has 120 valence electrons. The van der Waals surface area contributed by atoms with E-state index in [4.69, 9.17) is 14.2 Å². The lowest BCUT2D eigenvalue weighted by molar-refractivity contribution is 0.323. The Balaban J connectivity index is 2.03. The van der Waals surface area contributed by atoms with Gasteiger partial charge >= 0.3 is 0 Å². The molecule has 2 aromatic rings. The summed E-state index contributed by atoms with van der Waals surface area (Å²) in [7, 11) is 4.84. The molecule has 0 saturated carbocycles. The number of nitrogens with zero attached hydrogens (tertiary/aromatic N) is 2. The molecule has 1 heterocycles. The van der Waals surface area contributed by atoms with Crippen molar-refractivity contribution >= 4 is 0 Å². The summed E-state index contributed by atoms with van der Waals surface area (Å²) in [6.07, 6.45) is 3.74. The lowest BCUT2D eigenvalue weighted by Gasteiger charge is -2.17. The van der Waals surface area contributed by atoms with Gasteiger partial charge in [-0.1, -0.05) is 0 Å². The van der Waals surface area contributed by atoms with Gasteiger partial charge in [0.25, 0.3) is 0 Å². The van der Waals surface area contributed by atoms with Crippen LogP contribution in [-0.2, 0) is 13.1 Å². The van der Waals surface area contributed by atoms with Gasteiger partial charge in [-0.05, 0) is 30.7 Å². The summed E-state index contributed by atoms with van der Waals surface area (Å²) >= 11 is 0. The molecular formula is C16H23N3O3. The highest BCUT2D eigenvalue weighted by Crippen LogP contribution is 2.38. The van der Waals surface area contributed by atoms with Crippen LogP contribution in [0.25, 0.3) is 0 Å². The molecule has 0 unspecified atom stereocenters. The lowest BCUT2D eigenvalue weighted by Crippen LogP contribution is -2.30. The average Bonchev–Trinajstić information content (AvgIpc) is 3.04. The Morgan fingerprint density at radius 2 is 1.82 bits per heavy atom. The molecule has 0 amide bonds. The van der Waals surface area contributed by atoms with Gasteiger partial charge in [-0.25, -0.2) is 0 Å². The normalized spacial score (nSPS) is 12.0. The Bertz CT molecular complexity index is 559. The van der Waals surface area contributed by atoms with Crippen LogP contribution in [0, 0.1) is 0 Å². The van der Waals surface area contributed by atoms with E-state index in [0.717, 1.165) is 12.1 Å². The van der Waals surface area contributed by atoms with Crippen molar-refractivity contribution in [2.24, 2.45) is 0 Å². The molecule has 1 aromatic heterocycles. The fraction of sp³-hybridized carbons (Fsp3) is 0.438. The van der Waals surface area contributed by atoms with Crippen molar-refractivity contribution in [1.29, 1.82) is 0 Å². The third-order valence-corrected chi connectivity index (χ3v) is 3.40. The number of ether oxygens (including phenoxy) is 3. The first kappa shape index (κ1) is 16.2. The minimum Gasteiger partial charge on any atom is -0.493 e. The summed E-state index contributed by atoms with van der Waals surface area (Å²) in [5.41, 5.74) is 1.07. The minimum absolute atomic E-state index is 0.291. The first-order valence-electron chi connectivity index (χ1n) is 7.17. The molecule has 0 radical (unpaired) electrons. The fourth-order valence-electron chi connectivity index (χ4n) is 2.28. The van der Waals surface area contributed by atoms with Crippen LogP contribution in [0.4, 0.5) is 0 Å². The molecule has 22 heavy (non-hydrogen) atoms. The van der Waals surface area contributed by atoms with E-state index in [9.17, 15) is 0 Å². The SMILES string of the molecule is COc1cc(CN[C@@H](C)Cn2cccn2)cc(OC)c1OC. The van der Waals surface area contributed by atoms with E-state index in [1.54, 1.807) is 27.5 Å². The number of hydrogen-bond donors (Lipinski definition) is 1. The van der Waals surface area contributed by atoms with Gasteiger partial charge in [0.1, 0.15) is 0 Å². The molecule has 0 aliphatic carbocycles. The smallest absolute Gasteiger partial charge is 0.203 e. The largest absolute Gasteiger partial charge is 0.493 e. The molecule has 1 N–H and O–H groups in total. The maximum Gasteiger partial charge on any atom is 0.203 e. The first-order chi connectivity index (χ1) is 10.7. The monoisotopic (exact) mass is 305 g/mol. The van der Waals surface area contributed by atoms with Crippen molar-refractivity contribution in [3.63, 3.8) is 0 Å². The van der Waals surface area contributed by atoms with Gasteiger partial charge in [0.15, 0.2) is 11.5 Å². The third-order valence-electron chi connectivity index (χ3n) is 3.40. The molecule has 0 saturated heterocycles. The van der Waals surface area contributed by atoms with Gasteiger partial charge in [-0.3, -0.25) is 4.68 Å². The maximum absolute atomic E-state index is 5.36. The number of nitrogens with one attached hydrogen (secondary N) is 1. The molecule has 6 heteroatoms. The zero-order valence-electron chi connectivity index (χ0n) is 13.5. The predicted molar refractivity (Wildman–Crippen MR) is 84.6 cm³/mol. The second kappa shape index (κ2) is 7.70. The van der Waals surface area contributed by atoms with Crippen molar-refractivity contribution in [3.8, 4) is 17.2 Å². The summed E-state index contributed by atoms with van der Waals surface area (Å²) in [4.78, 5) is 0. The molecule has 2 rings (SSSR count). The van der Waals surface area contributed by atoms with Gasteiger partial charge in [0, 0.05) is 25.0 Å². The summed E-state index contributed by atoms with van der Waals surface area (Å²) in [5, 5.41) is 7.67. The highest BCUT2D eigenvalue weighted by atomic mass is 16.5. The molecule has 1 atom stereocenters. The first-order valence-corrected chi connectivity index (χ1v) is 7.17. The zero-order valence-corrected chi connectivity index (χ0v) is 13.5. The minimum atomic E-state index is 0.291. The van der Waals surface area contributed by atoms with E-state index in [1.165, 1.54) is 0 Å². The Labute approximate surface area is 131 Å². The molecule has 1 aromatic carbocycles. The van der Waals surface area contributed by atoms with Crippen LogP contribution < -0.4 is 19.5 Å². The molecule has 0 aliphatic rings. The standard InChI is InChI=1S/C16H23N3O3/c1-12(11-19-7-5-6-18-19)17-10-13-8-14(20-2)16(22-4)15(9-13)21-3/h5-9,12,17H,10-11H2,1-4H3/t12-/m0/s1. The van der Waals surface area contributed by atoms with E-state index < -0.39 is 0 Å². The molecule has 0 fully saturated rings. The predicted octanol–water partition coefficient (Wildman–Crippen LogP) is 2.09. The Morgan fingerprint density at radius 1 is 1.14 bits per heavy atom. The fourth-order valence-corrected chi connectivity index (χ4v) is 2.28.